The lowest BCUT2D eigenvalue weighted by molar-refractivity contribution is 0.722. The van der Waals surface area contributed by atoms with Crippen molar-refractivity contribution in [2.75, 3.05) is 0 Å². The van der Waals surface area contributed by atoms with Crippen LogP contribution in [0.2, 0.25) is 0 Å². The summed E-state index contributed by atoms with van der Waals surface area (Å²) in [5.41, 5.74) is 11.5. The Hall–Kier alpha value is -4.99. The van der Waals surface area contributed by atoms with Gasteiger partial charge in [-0.3, -0.25) is 0 Å². The van der Waals surface area contributed by atoms with E-state index in [2.05, 4.69) is 127 Å². The minimum Gasteiger partial charge on any atom is -0.228 e. The maximum absolute atomic E-state index is 5.22. The van der Waals surface area contributed by atoms with Crippen molar-refractivity contribution >= 4 is 22.7 Å². The van der Waals surface area contributed by atoms with Crippen LogP contribution >= 0.6 is 11.8 Å². The van der Waals surface area contributed by atoms with Gasteiger partial charge in [0.25, 0.3) is 0 Å². The smallest absolute Gasteiger partial charge is 0.160 e. The first kappa shape index (κ1) is 23.7. The second-order valence-corrected chi connectivity index (χ2v) is 12.0. The predicted molar refractivity (Wildman–Crippen MR) is 172 cm³/mol. The fourth-order valence-corrected chi connectivity index (χ4v) is 8.21. The number of hydrogen-bond donors (Lipinski definition) is 0. The average Bonchev–Trinajstić information content (AvgIpc) is 3.35. The molecule has 0 saturated heterocycles. The van der Waals surface area contributed by atoms with Crippen molar-refractivity contribution in [2.24, 2.45) is 0 Å². The number of nitrogens with zero attached hydrogens (tertiary/aromatic N) is 2. The fourth-order valence-electron chi connectivity index (χ4n) is 7.01. The Balaban J connectivity index is 1.38. The Morgan fingerprint density at radius 3 is 1.86 bits per heavy atom. The second kappa shape index (κ2) is 9.01. The summed E-state index contributed by atoms with van der Waals surface area (Å²) in [5, 5.41) is 1.06. The first-order chi connectivity index (χ1) is 20.8. The summed E-state index contributed by atoms with van der Waals surface area (Å²) in [6, 6.07) is 52.4. The molecule has 2 heterocycles. The molecule has 0 saturated carbocycles. The van der Waals surface area contributed by atoms with Crippen LogP contribution < -0.4 is 0 Å². The van der Waals surface area contributed by atoms with Gasteiger partial charge in [0, 0.05) is 26.3 Å². The molecule has 0 N–H and O–H groups in total. The van der Waals surface area contributed by atoms with E-state index in [4.69, 9.17) is 9.97 Å². The highest BCUT2D eigenvalue weighted by molar-refractivity contribution is 7.99. The molecule has 7 aromatic rings. The summed E-state index contributed by atoms with van der Waals surface area (Å²) in [6.07, 6.45) is 0. The van der Waals surface area contributed by atoms with Crippen LogP contribution in [0.4, 0.5) is 0 Å². The number of hydrogen-bond acceptors (Lipinski definition) is 3. The highest BCUT2D eigenvalue weighted by Gasteiger charge is 2.50. The third-order valence-electron chi connectivity index (χ3n) is 8.76. The molecule has 1 aliphatic heterocycles. The molecule has 0 unspecified atom stereocenters. The van der Waals surface area contributed by atoms with Gasteiger partial charge in [-0.1, -0.05) is 133 Å². The number of benzene rings is 6. The molecule has 0 radical (unpaired) electrons. The highest BCUT2D eigenvalue weighted by atomic mass is 32.2. The minimum absolute atomic E-state index is 0.411. The Bertz CT molecular complexity index is 2140. The van der Waals surface area contributed by atoms with E-state index in [9.17, 15) is 0 Å². The van der Waals surface area contributed by atoms with Gasteiger partial charge < -0.3 is 0 Å². The SMILES string of the molecule is c1ccc(-c2nc(-c3ccc4c(c3)C3(c5ccccc5Sc5ccccc53)c3ccccc3-4)c3ccccc3n2)cc1. The van der Waals surface area contributed by atoms with Crippen LogP contribution in [-0.2, 0) is 5.41 Å². The zero-order valence-electron chi connectivity index (χ0n) is 22.7. The van der Waals surface area contributed by atoms with E-state index in [-0.39, 0.29) is 0 Å². The van der Waals surface area contributed by atoms with Crippen molar-refractivity contribution < 1.29 is 0 Å². The second-order valence-electron chi connectivity index (χ2n) is 10.9. The van der Waals surface area contributed by atoms with Crippen LogP contribution in [0.15, 0.2) is 155 Å². The summed E-state index contributed by atoms with van der Waals surface area (Å²) in [4.78, 5) is 12.8. The molecule has 2 nitrogen and oxygen atoms in total. The third-order valence-corrected chi connectivity index (χ3v) is 9.91. The Morgan fingerprint density at radius 2 is 1.07 bits per heavy atom. The van der Waals surface area contributed by atoms with E-state index in [1.807, 2.05) is 30.0 Å². The quantitative estimate of drug-likeness (QED) is 0.213. The fraction of sp³-hybridized carbons (Fsp3) is 0.0256. The predicted octanol–water partition coefficient (Wildman–Crippen LogP) is 9.79. The van der Waals surface area contributed by atoms with Crippen molar-refractivity contribution in [3.63, 3.8) is 0 Å². The van der Waals surface area contributed by atoms with Gasteiger partial charge in [0.15, 0.2) is 5.82 Å². The van der Waals surface area contributed by atoms with Crippen molar-refractivity contribution in [3.05, 3.63) is 168 Å². The van der Waals surface area contributed by atoms with E-state index in [0.29, 0.717) is 0 Å². The molecule has 196 valence electrons. The normalized spacial score (nSPS) is 13.8. The zero-order chi connectivity index (χ0) is 27.7. The monoisotopic (exact) mass is 552 g/mol. The molecule has 2 aliphatic rings. The summed E-state index contributed by atoms with van der Waals surface area (Å²) >= 11 is 1.87. The van der Waals surface area contributed by atoms with Crippen LogP contribution in [0.5, 0.6) is 0 Å². The third kappa shape index (κ3) is 3.23. The summed E-state index contributed by atoms with van der Waals surface area (Å²) < 4.78 is 0. The first-order valence-corrected chi connectivity index (χ1v) is 15.1. The largest absolute Gasteiger partial charge is 0.228 e. The van der Waals surface area contributed by atoms with Gasteiger partial charge in [0.05, 0.1) is 16.6 Å². The van der Waals surface area contributed by atoms with Crippen LogP contribution in [-0.4, -0.2) is 9.97 Å². The number of aromatic nitrogens is 2. The highest BCUT2D eigenvalue weighted by Crippen LogP contribution is 2.62. The molecular formula is C39H24N2S. The van der Waals surface area contributed by atoms with Gasteiger partial charge in [-0.2, -0.15) is 0 Å². The molecule has 1 aromatic heterocycles. The molecule has 0 amide bonds. The molecule has 9 rings (SSSR count). The van der Waals surface area contributed by atoms with Gasteiger partial charge in [-0.25, -0.2) is 9.97 Å². The standard InChI is InChI=1S/C39H24N2S/c1-2-12-25(13-3-1)38-40-34-19-9-5-15-29(34)37(41-38)26-22-23-28-27-14-4-6-16-30(27)39(33(28)24-26)31-17-7-10-20-35(31)42-36-21-11-8-18-32(36)39/h1-24H. The van der Waals surface area contributed by atoms with Gasteiger partial charge >= 0.3 is 0 Å². The van der Waals surface area contributed by atoms with E-state index >= 15 is 0 Å². The summed E-state index contributed by atoms with van der Waals surface area (Å²) in [6.45, 7) is 0. The Morgan fingerprint density at radius 1 is 0.452 bits per heavy atom. The van der Waals surface area contributed by atoms with Crippen molar-refractivity contribution in [3.8, 4) is 33.8 Å². The van der Waals surface area contributed by atoms with E-state index in [0.717, 1.165) is 33.5 Å². The lowest BCUT2D eigenvalue weighted by Gasteiger charge is -2.39. The van der Waals surface area contributed by atoms with Gasteiger partial charge in [0.2, 0.25) is 0 Å². The Kier molecular flexibility index (Phi) is 5.08. The molecule has 0 atom stereocenters. The molecule has 1 aliphatic carbocycles. The van der Waals surface area contributed by atoms with Gasteiger partial charge in [-0.15, -0.1) is 0 Å². The lowest BCUT2D eigenvalue weighted by atomic mass is 9.67. The molecule has 6 aromatic carbocycles. The average molecular weight is 553 g/mol. The van der Waals surface area contributed by atoms with Crippen molar-refractivity contribution in [1.82, 2.24) is 9.97 Å². The Labute approximate surface area is 248 Å². The van der Waals surface area contributed by atoms with Crippen molar-refractivity contribution in [2.45, 2.75) is 15.2 Å². The first-order valence-electron chi connectivity index (χ1n) is 14.3. The van der Waals surface area contributed by atoms with Crippen LogP contribution in [0.3, 0.4) is 0 Å². The van der Waals surface area contributed by atoms with Crippen LogP contribution in [0.1, 0.15) is 22.3 Å². The molecule has 0 bridgehead atoms. The molecule has 42 heavy (non-hydrogen) atoms. The molecule has 1 spiro atoms. The van der Waals surface area contributed by atoms with Crippen molar-refractivity contribution in [1.29, 1.82) is 0 Å². The summed E-state index contributed by atoms with van der Waals surface area (Å²) in [7, 11) is 0. The molecule has 0 fully saturated rings. The lowest BCUT2D eigenvalue weighted by Crippen LogP contribution is -2.31. The topological polar surface area (TPSA) is 25.8 Å². The molecular weight excluding hydrogens is 529 g/mol. The molecule has 3 heteroatoms. The maximum atomic E-state index is 5.22. The van der Waals surface area contributed by atoms with Crippen LogP contribution in [0.25, 0.3) is 44.7 Å². The van der Waals surface area contributed by atoms with Gasteiger partial charge in [-0.05, 0) is 57.6 Å². The van der Waals surface area contributed by atoms with E-state index < -0.39 is 5.41 Å². The number of rotatable bonds is 2. The number of fused-ring (bicyclic) bond motifs is 10. The van der Waals surface area contributed by atoms with Crippen LogP contribution in [0, 0.1) is 0 Å². The van der Waals surface area contributed by atoms with E-state index in [1.54, 1.807) is 0 Å². The summed E-state index contributed by atoms with van der Waals surface area (Å²) in [5.74, 6) is 0.743. The maximum Gasteiger partial charge on any atom is 0.160 e. The van der Waals surface area contributed by atoms with E-state index in [1.165, 1.54) is 43.2 Å². The van der Waals surface area contributed by atoms with Gasteiger partial charge in [0.1, 0.15) is 0 Å². The number of para-hydroxylation sites is 1. The minimum atomic E-state index is -0.411. The zero-order valence-corrected chi connectivity index (χ0v) is 23.5.